The second-order valence-corrected chi connectivity index (χ2v) is 7.63. The van der Waals surface area contributed by atoms with Gasteiger partial charge in [-0.05, 0) is 12.1 Å². The Labute approximate surface area is 196 Å². The number of hydrogen-bond acceptors (Lipinski definition) is 14. The third kappa shape index (κ3) is 4.80. The molecule has 16 heteroatoms. The zero-order valence-corrected chi connectivity index (χ0v) is 18.0. The highest BCUT2D eigenvalue weighted by Gasteiger charge is 2.56. The highest BCUT2D eigenvalue weighted by atomic mass is 16.6. The summed E-state index contributed by atoms with van der Waals surface area (Å²) in [4.78, 5) is 30.0. The highest BCUT2D eigenvalue weighted by Crippen LogP contribution is 2.34. The van der Waals surface area contributed by atoms with Crippen LogP contribution in [0.5, 0.6) is 0 Å². The normalized spacial score (nSPS) is 34.1. The van der Waals surface area contributed by atoms with Crippen LogP contribution in [0, 0.1) is 11.3 Å². The van der Waals surface area contributed by atoms with Crippen molar-refractivity contribution in [1.29, 1.82) is 5.26 Å². The monoisotopic (exact) mass is 496 g/mol. The first-order chi connectivity index (χ1) is 16.6. The maximum atomic E-state index is 11.7. The fourth-order valence-electron chi connectivity index (χ4n) is 3.64. The van der Waals surface area contributed by atoms with E-state index in [1.807, 2.05) is 0 Å². The van der Waals surface area contributed by atoms with Crippen molar-refractivity contribution in [3.63, 3.8) is 0 Å². The second-order valence-electron chi connectivity index (χ2n) is 7.63. The molecule has 0 amide bonds. The van der Waals surface area contributed by atoms with Crippen LogP contribution in [0.1, 0.15) is 6.23 Å². The van der Waals surface area contributed by atoms with Crippen molar-refractivity contribution in [2.24, 2.45) is 0 Å². The predicted molar refractivity (Wildman–Crippen MR) is 112 cm³/mol. The molecule has 35 heavy (non-hydrogen) atoms. The molecule has 2 aromatic rings. The van der Waals surface area contributed by atoms with Crippen molar-refractivity contribution in [2.45, 2.75) is 48.6 Å². The first kappa shape index (κ1) is 26.3. The SMILES string of the molecule is N#C[C@@]1(n2ccc(N)nc2=O)O[C@H](CO)[C@H](O)C1O.O=c1ncccn1[C@@H]1O[C@H](CO)[C@H](O)C1O. The van der Waals surface area contributed by atoms with Gasteiger partial charge in [0, 0.05) is 18.6 Å². The highest BCUT2D eigenvalue weighted by molar-refractivity contribution is 5.25. The molecule has 0 spiro atoms. The van der Waals surface area contributed by atoms with E-state index in [9.17, 15) is 35.3 Å². The summed E-state index contributed by atoms with van der Waals surface area (Å²) in [6, 6.07) is 4.39. The molecule has 2 unspecified atom stereocenters. The molecule has 8 N–H and O–H groups in total. The van der Waals surface area contributed by atoms with Gasteiger partial charge < -0.3 is 45.8 Å². The summed E-state index contributed by atoms with van der Waals surface area (Å²) >= 11 is 0. The Morgan fingerprint density at radius 2 is 1.74 bits per heavy atom. The molecule has 0 aromatic carbocycles. The standard InChI is InChI=1S/C10H12N4O5.C9H12N2O5/c11-4-10(8(17)7(16)5(3-15)19-10)14-2-1-6(12)13-9(14)18;12-4-5-6(13)7(14)8(16-5)11-3-1-2-10-9(11)15/h1-2,5,7-8,15-17H,3H2,(H2,12,13,18);1-3,5-8,12-14H,4H2/t5-,7+,8?,10-;5-,6+,7?,8-/m11/s1. The second kappa shape index (κ2) is 10.6. The third-order valence-corrected chi connectivity index (χ3v) is 5.49. The van der Waals surface area contributed by atoms with E-state index in [1.54, 1.807) is 6.07 Å². The number of nitrogens with two attached hydrogens (primary N) is 1. The number of aromatic nitrogens is 4. The van der Waals surface area contributed by atoms with Gasteiger partial charge in [-0.15, -0.1) is 0 Å². The van der Waals surface area contributed by atoms with Crippen LogP contribution >= 0.6 is 0 Å². The summed E-state index contributed by atoms with van der Waals surface area (Å²) in [6.45, 7) is -1.04. The lowest BCUT2D eigenvalue weighted by molar-refractivity contribution is -0.109. The van der Waals surface area contributed by atoms with Gasteiger partial charge in [0.2, 0.25) is 0 Å². The summed E-state index contributed by atoms with van der Waals surface area (Å²) in [5.41, 5.74) is 1.68. The van der Waals surface area contributed by atoms with Crippen LogP contribution in [0.25, 0.3) is 0 Å². The van der Waals surface area contributed by atoms with Gasteiger partial charge in [-0.2, -0.15) is 10.2 Å². The average Bonchev–Trinajstić information content (AvgIpc) is 3.27. The summed E-state index contributed by atoms with van der Waals surface area (Å²) in [5, 5.41) is 65.9. The van der Waals surface area contributed by atoms with E-state index in [1.165, 1.54) is 24.5 Å². The molecule has 0 aliphatic carbocycles. The van der Waals surface area contributed by atoms with Gasteiger partial charge in [0.05, 0.1) is 13.2 Å². The van der Waals surface area contributed by atoms with Gasteiger partial charge in [-0.1, -0.05) is 0 Å². The lowest BCUT2D eigenvalue weighted by Gasteiger charge is -2.26. The van der Waals surface area contributed by atoms with Crippen molar-refractivity contribution < 1.29 is 40.1 Å². The molecular weight excluding hydrogens is 472 g/mol. The Morgan fingerprint density at radius 1 is 1.06 bits per heavy atom. The molecule has 2 aliphatic rings. The van der Waals surface area contributed by atoms with Gasteiger partial charge in [-0.3, -0.25) is 9.13 Å². The largest absolute Gasteiger partial charge is 0.394 e. The quantitative estimate of drug-likeness (QED) is 0.209. The molecule has 8 atom stereocenters. The minimum absolute atomic E-state index is 0.0546. The molecular formula is C19H24N6O10. The molecule has 0 radical (unpaired) electrons. The maximum Gasteiger partial charge on any atom is 0.352 e. The Bertz CT molecular complexity index is 1180. The summed E-state index contributed by atoms with van der Waals surface area (Å²) < 4.78 is 12.1. The number of rotatable bonds is 4. The summed E-state index contributed by atoms with van der Waals surface area (Å²) in [5.74, 6) is -0.0546. The molecule has 4 rings (SSSR count). The van der Waals surface area contributed by atoms with Gasteiger partial charge in [0.25, 0.3) is 5.72 Å². The zero-order valence-electron chi connectivity index (χ0n) is 18.0. The lowest BCUT2D eigenvalue weighted by atomic mass is 10.0. The molecule has 2 fully saturated rings. The molecule has 2 saturated heterocycles. The fraction of sp³-hybridized carbons (Fsp3) is 0.526. The minimum atomic E-state index is -2.15. The number of ether oxygens (including phenoxy) is 2. The summed E-state index contributed by atoms with van der Waals surface area (Å²) in [6.07, 6.45) is -4.95. The number of nitrogens with zero attached hydrogens (tertiary/aromatic N) is 5. The molecule has 4 heterocycles. The summed E-state index contributed by atoms with van der Waals surface area (Å²) in [7, 11) is 0. The van der Waals surface area contributed by atoms with E-state index >= 15 is 0 Å². The molecule has 0 bridgehead atoms. The smallest absolute Gasteiger partial charge is 0.352 e. The van der Waals surface area contributed by atoms with Gasteiger partial charge in [-0.25, -0.2) is 14.6 Å². The van der Waals surface area contributed by atoms with Crippen LogP contribution in [0.15, 0.2) is 40.3 Å². The van der Waals surface area contributed by atoms with E-state index in [0.717, 1.165) is 15.3 Å². The molecule has 2 aromatic heterocycles. The van der Waals surface area contributed by atoms with Gasteiger partial charge in [0.15, 0.2) is 6.23 Å². The zero-order chi connectivity index (χ0) is 25.9. The third-order valence-electron chi connectivity index (χ3n) is 5.49. The number of aliphatic hydroxyl groups excluding tert-OH is 6. The lowest BCUT2D eigenvalue weighted by Crippen LogP contribution is -2.49. The van der Waals surface area contributed by atoms with Crippen LogP contribution in [0.4, 0.5) is 5.82 Å². The van der Waals surface area contributed by atoms with Gasteiger partial charge >= 0.3 is 11.4 Å². The van der Waals surface area contributed by atoms with Crippen LogP contribution < -0.4 is 17.1 Å². The van der Waals surface area contributed by atoms with Crippen LogP contribution in [0.2, 0.25) is 0 Å². The number of hydrogen-bond donors (Lipinski definition) is 7. The maximum absolute atomic E-state index is 11.7. The molecule has 0 saturated carbocycles. The predicted octanol–water partition coefficient (Wildman–Crippen LogP) is -5.03. The first-order valence-corrected chi connectivity index (χ1v) is 10.2. The Balaban J connectivity index is 0.000000198. The van der Waals surface area contributed by atoms with Crippen molar-refractivity contribution in [3.05, 3.63) is 51.7 Å². The van der Waals surface area contributed by atoms with E-state index in [-0.39, 0.29) is 5.82 Å². The number of nitrogen functional groups attached to an aromatic ring is 1. The first-order valence-electron chi connectivity index (χ1n) is 10.2. The fourth-order valence-corrected chi connectivity index (χ4v) is 3.64. The molecule has 190 valence electrons. The average molecular weight is 496 g/mol. The van der Waals surface area contributed by atoms with Crippen LogP contribution in [-0.2, 0) is 15.2 Å². The molecule has 2 aliphatic heterocycles. The molecule has 16 nitrogen and oxygen atoms in total. The van der Waals surface area contributed by atoms with E-state index < -0.39 is 73.2 Å². The van der Waals surface area contributed by atoms with E-state index in [2.05, 4.69) is 9.97 Å². The van der Waals surface area contributed by atoms with Crippen molar-refractivity contribution in [1.82, 2.24) is 19.1 Å². The number of anilines is 1. The number of aliphatic hydroxyl groups is 6. The van der Waals surface area contributed by atoms with Crippen molar-refractivity contribution >= 4 is 5.82 Å². The Hall–Kier alpha value is -3.27. The number of nitriles is 1. The van der Waals surface area contributed by atoms with E-state index in [0.29, 0.717) is 0 Å². The van der Waals surface area contributed by atoms with E-state index in [4.69, 9.17) is 25.4 Å². The van der Waals surface area contributed by atoms with Crippen LogP contribution in [-0.4, -0.2) is 99.6 Å². The Kier molecular flexibility index (Phi) is 7.94. The topological polar surface area (TPSA) is 259 Å². The Morgan fingerprint density at radius 3 is 2.26 bits per heavy atom. The van der Waals surface area contributed by atoms with Crippen molar-refractivity contribution in [2.75, 3.05) is 18.9 Å². The minimum Gasteiger partial charge on any atom is -0.394 e. The van der Waals surface area contributed by atoms with Crippen molar-refractivity contribution in [3.8, 4) is 6.07 Å². The van der Waals surface area contributed by atoms with Gasteiger partial charge in [0.1, 0.15) is 48.5 Å². The van der Waals surface area contributed by atoms with Crippen LogP contribution in [0.3, 0.4) is 0 Å².